The van der Waals surface area contributed by atoms with Crippen molar-refractivity contribution in [3.63, 3.8) is 0 Å². The second-order valence-electron chi connectivity index (χ2n) is 7.96. The summed E-state index contributed by atoms with van der Waals surface area (Å²) < 4.78 is 5.54. The highest BCUT2D eigenvalue weighted by Gasteiger charge is 2.28. The Morgan fingerprint density at radius 3 is 2.41 bits per heavy atom. The lowest BCUT2D eigenvalue weighted by Gasteiger charge is -2.14. The highest BCUT2D eigenvalue weighted by molar-refractivity contribution is 5.96. The summed E-state index contributed by atoms with van der Waals surface area (Å²) >= 11 is 0. The van der Waals surface area contributed by atoms with Gasteiger partial charge in [-0.15, -0.1) is 0 Å². The van der Waals surface area contributed by atoms with Crippen LogP contribution in [0.25, 0.3) is 28.0 Å². The third kappa shape index (κ3) is 3.99. The highest BCUT2D eigenvalue weighted by Crippen LogP contribution is 2.44. The normalized spacial score (nSPS) is 12.5. The molecule has 1 amide bonds. The second kappa shape index (κ2) is 9.15. The van der Waals surface area contributed by atoms with Crippen molar-refractivity contribution >= 4 is 28.6 Å². The van der Waals surface area contributed by atoms with E-state index in [9.17, 15) is 14.9 Å². The van der Waals surface area contributed by atoms with Crippen LogP contribution in [0.4, 0.5) is 10.5 Å². The van der Waals surface area contributed by atoms with Crippen LogP contribution in [0.15, 0.2) is 85.2 Å². The summed E-state index contributed by atoms with van der Waals surface area (Å²) in [7, 11) is 0. The van der Waals surface area contributed by atoms with Gasteiger partial charge in [-0.25, -0.2) is 4.79 Å². The number of carbonyl (C=O) groups is 1. The molecule has 1 aliphatic carbocycles. The summed E-state index contributed by atoms with van der Waals surface area (Å²) in [6.45, 7) is 0.518. The number of alkyl carbamates (subject to hydrolysis) is 1. The molecule has 7 heteroatoms. The number of benzene rings is 3. The molecule has 0 saturated carbocycles. The molecule has 7 nitrogen and oxygen atoms in total. The average Bonchev–Trinajstić information content (AvgIpc) is 3.19. The Bertz CT molecular complexity index is 1390. The molecular weight excluding hydrogens is 430 g/mol. The van der Waals surface area contributed by atoms with Crippen LogP contribution in [0.3, 0.4) is 0 Å². The summed E-state index contributed by atoms with van der Waals surface area (Å²) in [5, 5.41) is 15.2. The number of pyridine rings is 1. The number of ether oxygens (including phenoxy) is 1. The second-order valence-corrected chi connectivity index (χ2v) is 7.96. The smallest absolute Gasteiger partial charge is 0.407 e. The number of nitrogens with zero attached hydrogens (tertiary/aromatic N) is 2. The van der Waals surface area contributed by atoms with Gasteiger partial charge in [0.05, 0.1) is 10.3 Å². The van der Waals surface area contributed by atoms with Crippen LogP contribution >= 0.6 is 0 Å². The lowest BCUT2D eigenvalue weighted by molar-refractivity contribution is -0.383. The highest BCUT2D eigenvalue weighted by atomic mass is 16.6. The van der Waals surface area contributed by atoms with E-state index in [1.807, 2.05) is 30.3 Å². The van der Waals surface area contributed by atoms with Crippen LogP contribution in [0.1, 0.15) is 22.6 Å². The molecule has 34 heavy (non-hydrogen) atoms. The fraction of sp³-hybridized carbons (Fsp3) is 0.111. The minimum Gasteiger partial charge on any atom is -0.449 e. The predicted octanol–water partition coefficient (Wildman–Crippen LogP) is 5.69. The van der Waals surface area contributed by atoms with E-state index in [0.29, 0.717) is 5.39 Å². The number of carbonyl (C=O) groups excluding carboxylic acids is 1. The van der Waals surface area contributed by atoms with E-state index in [4.69, 9.17) is 4.74 Å². The monoisotopic (exact) mass is 451 g/mol. The van der Waals surface area contributed by atoms with Crippen molar-refractivity contribution in [1.82, 2.24) is 10.3 Å². The number of non-ortho nitro benzene ring substituents is 1. The van der Waals surface area contributed by atoms with Crippen LogP contribution < -0.4 is 5.32 Å². The van der Waals surface area contributed by atoms with Gasteiger partial charge in [-0.3, -0.25) is 15.1 Å². The zero-order valence-corrected chi connectivity index (χ0v) is 18.2. The molecule has 0 radical (unpaired) electrons. The Morgan fingerprint density at radius 2 is 1.71 bits per heavy atom. The van der Waals surface area contributed by atoms with Crippen molar-refractivity contribution in [2.75, 3.05) is 13.2 Å². The van der Waals surface area contributed by atoms with Crippen LogP contribution in [-0.2, 0) is 4.74 Å². The maximum atomic E-state index is 12.3. The average molecular weight is 451 g/mol. The standard InChI is InChI=1S/C27H21N3O4/c31-27(34-17-25-22-9-3-1-7-20(22)21-8-2-4-10-23(21)25)29-14-5-6-18-11-12-26(30(32)33)24-16-28-15-13-19(18)24/h1-13,15-16,25H,14,17H2,(H,29,31). The van der Waals surface area contributed by atoms with E-state index in [1.54, 1.807) is 24.4 Å². The molecule has 1 aliphatic rings. The molecule has 1 heterocycles. The third-order valence-corrected chi connectivity index (χ3v) is 6.03. The van der Waals surface area contributed by atoms with Crippen LogP contribution in [0.5, 0.6) is 0 Å². The van der Waals surface area contributed by atoms with Gasteiger partial charge in [-0.1, -0.05) is 60.7 Å². The van der Waals surface area contributed by atoms with Gasteiger partial charge in [0.25, 0.3) is 5.69 Å². The number of nitro groups is 1. The molecule has 1 aromatic heterocycles. The Balaban J connectivity index is 1.21. The number of nitro benzene ring substituents is 1. The van der Waals surface area contributed by atoms with Gasteiger partial charge in [-0.2, -0.15) is 0 Å². The Morgan fingerprint density at radius 1 is 1.00 bits per heavy atom. The van der Waals surface area contributed by atoms with Gasteiger partial charge in [0.2, 0.25) is 0 Å². The number of rotatable bonds is 6. The summed E-state index contributed by atoms with van der Waals surface area (Å²) in [6, 6.07) is 21.3. The maximum absolute atomic E-state index is 12.3. The first-order valence-corrected chi connectivity index (χ1v) is 10.9. The molecule has 0 fully saturated rings. The van der Waals surface area contributed by atoms with Crippen molar-refractivity contribution in [3.05, 3.63) is 112 Å². The van der Waals surface area contributed by atoms with Crippen molar-refractivity contribution in [1.29, 1.82) is 0 Å². The number of amides is 1. The number of hydrogen-bond acceptors (Lipinski definition) is 5. The Hall–Kier alpha value is -4.52. The van der Waals surface area contributed by atoms with Crippen LogP contribution in [-0.4, -0.2) is 29.2 Å². The van der Waals surface area contributed by atoms with E-state index >= 15 is 0 Å². The summed E-state index contributed by atoms with van der Waals surface area (Å²) in [4.78, 5) is 27.1. The molecule has 0 unspecified atom stereocenters. The molecule has 0 atom stereocenters. The van der Waals surface area contributed by atoms with E-state index < -0.39 is 11.0 Å². The summed E-state index contributed by atoms with van der Waals surface area (Å²) in [5.74, 6) is 0.00813. The van der Waals surface area contributed by atoms with Gasteiger partial charge < -0.3 is 10.1 Å². The maximum Gasteiger partial charge on any atom is 0.407 e. The fourth-order valence-electron chi connectivity index (χ4n) is 4.48. The predicted molar refractivity (Wildman–Crippen MR) is 131 cm³/mol. The molecule has 0 spiro atoms. The van der Waals surface area contributed by atoms with E-state index in [-0.39, 0.29) is 24.8 Å². The first-order chi connectivity index (χ1) is 16.6. The minimum absolute atomic E-state index is 0.00813. The van der Waals surface area contributed by atoms with Crippen molar-refractivity contribution in [2.45, 2.75) is 5.92 Å². The van der Waals surface area contributed by atoms with E-state index in [1.165, 1.54) is 23.4 Å². The van der Waals surface area contributed by atoms with Gasteiger partial charge in [0, 0.05) is 30.9 Å². The van der Waals surface area contributed by atoms with E-state index in [0.717, 1.165) is 22.1 Å². The summed E-state index contributed by atoms with van der Waals surface area (Å²) in [5.41, 5.74) is 5.50. The number of fused-ring (bicyclic) bond motifs is 4. The van der Waals surface area contributed by atoms with Gasteiger partial charge in [-0.05, 0) is 45.3 Å². The molecule has 1 N–H and O–H groups in total. The topological polar surface area (TPSA) is 94.4 Å². The minimum atomic E-state index is -0.496. The molecule has 4 aromatic rings. The lowest BCUT2D eigenvalue weighted by Crippen LogP contribution is -2.26. The Kier molecular flexibility index (Phi) is 5.74. The molecule has 5 rings (SSSR count). The first-order valence-electron chi connectivity index (χ1n) is 10.9. The van der Waals surface area contributed by atoms with Crippen molar-refractivity contribution in [2.24, 2.45) is 0 Å². The zero-order valence-electron chi connectivity index (χ0n) is 18.2. The number of nitrogens with one attached hydrogen (secondary N) is 1. The first kappa shape index (κ1) is 21.3. The van der Waals surface area contributed by atoms with Crippen LogP contribution in [0, 0.1) is 10.1 Å². The summed E-state index contributed by atoms with van der Waals surface area (Å²) in [6.07, 6.45) is 6.18. The largest absolute Gasteiger partial charge is 0.449 e. The fourth-order valence-corrected chi connectivity index (χ4v) is 4.48. The van der Waals surface area contributed by atoms with Gasteiger partial charge >= 0.3 is 6.09 Å². The molecular formula is C27H21N3O4. The van der Waals surface area contributed by atoms with Gasteiger partial charge in [0.15, 0.2) is 0 Å². The third-order valence-electron chi connectivity index (χ3n) is 6.03. The number of aromatic nitrogens is 1. The zero-order chi connectivity index (χ0) is 23.5. The quantitative estimate of drug-likeness (QED) is 0.300. The number of hydrogen-bond donors (Lipinski definition) is 1. The van der Waals surface area contributed by atoms with Crippen molar-refractivity contribution < 1.29 is 14.5 Å². The SMILES string of the molecule is O=C(NCC=Cc1ccc([N+](=O)[O-])c2cnccc12)OCC1c2ccccc2-c2ccccc21. The molecule has 0 aliphatic heterocycles. The molecule has 0 bridgehead atoms. The van der Waals surface area contributed by atoms with E-state index in [2.05, 4.69) is 34.6 Å². The van der Waals surface area contributed by atoms with Gasteiger partial charge in [0.1, 0.15) is 6.61 Å². The molecule has 3 aromatic carbocycles. The lowest BCUT2D eigenvalue weighted by atomic mass is 9.98. The molecule has 0 saturated heterocycles. The van der Waals surface area contributed by atoms with Crippen LogP contribution in [0.2, 0.25) is 0 Å². The Labute approximate surface area is 195 Å². The van der Waals surface area contributed by atoms with Crippen molar-refractivity contribution in [3.8, 4) is 11.1 Å². The molecule has 168 valence electrons.